The molecule has 1 unspecified atom stereocenters. The topological polar surface area (TPSA) is 29.4 Å². The van der Waals surface area contributed by atoms with Gasteiger partial charge in [-0.3, -0.25) is 9.79 Å². The summed E-state index contributed by atoms with van der Waals surface area (Å²) in [6.45, 7) is 6.97. The zero-order chi connectivity index (χ0) is 13.2. The van der Waals surface area contributed by atoms with Gasteiger partial charge in [-0.2, -0.15) is 0 Å². The maximum atomic E-state index is 12.0. The van der Waals surface area contributed by atoms with Crippen LogP contribution >= 0.6 is 0 Å². The maximum absolute atomic E-state index is 12.0. The van der Waals surface area contributed by atoms with E-state index in [1.54, 1.807) is 0 Å². The molecule has 1 saturated carbocycles. The van der Waals surface area contributed by atoms with Crippen molar-refractivity contribution in [2.24, 2.45) is 16.3 Å². The lowest BCUT2D eigenvalue weighted by Gasteiger charge is -2.33. The number of hydrogen-bond donors (Lipinski definition) is 0. The number of carbonyl (C=O) groups is 1. The first kappa shape index (κ1) is 13.0. The molecule has 1 aromatic carbocycles. The Bertz CT molecular complexity index is 459. The molecule has 0 aromatic heterocycles. The first-order valence-corrected chi connectivity index (χ1v) is 6.58. The van der Waals surface area contributed by atoms with Gasteiger partial charge < -0.3 is 0 Å². The molecule has 2 heteroatoms. The van der Waals surface area contributed by atoms with Crippen LogP contribution in [0.2, 0.25) is 0 Å². The van der Waals surface area contributed by atoms with Crippen molar-refractivity contribution in [3.05, 3.63) is 35.9 Å². The maximum Gasteiger partial charge on any atom is 0.141 e. The highest BCUT2D eigenvalue weighted by Gasteiger charge is 2.35. The van der Waals surface area contributed by atoms with E-state index in [-0.39, 0.29) is 11.3 Å². The predicted molar refractivity (Wildman–Crippen MR) is 74.8 cm³/mol. The van der Waals surface area contributed by atoms with Crippen molar-refractivity contribution in [2.45, 2.75) is 40.2 Å². The smallest absolute Gasteiger partial charge is 0.141 e. The van der Waals surface area contributed by atoms with Gasteiger partial charge in [-0.05, 0) is 17.4 Å². The van der Waals surface area contributed by atoms with Gasteiger partial charge in [0, 0.05) is 12.1 Å². The summed E-state index contributed by atoms with van der Waals surface area (Å²) < 4.78 is 0. The molecular formula is C16H21NO. The van der Waals surface area contributed by atoms with Crippen molar-refractivity contribution in [1.82, 2.24) is 0 Å². The van der Waals surface area contributed by atoms with Crippen LogP contribution in [0.25, 0.3) is 0 Å². The van der Waals surface area contributed by atoms with E-state index in [0.717, 1.165) is 12.1 Å². The Morgan fingerprint density at radius 1 is 1.22 bits per heavy atom. The van der Waals surface area contributed by atoms with Crippen molar-refractivity contribution in [3.63, 3.8) is 0 Å². The Balaban J connectivity index is 2.13. The fourth-order valence-corrected chi connectivity index (χ4v) is 2.49. The molecule has 0 aliphatic heterocycles. The van der Waals surface area contributed by atoms with Crippen LogP contribution in [-0.2, 0) is 11.3 Å². The number of ketones is 1. The zero-order valence-electron chi connectivity index (χ0n) is 11.4. The van der Waals surface area contributed by atoms with Gasteiger partial charge in [-0.1, -0.05) is 51.1 Å². The number of Topliss-reactive ketones (excluding diaryl/α,β-unsaturated/α-hetero) is 1. The number of rotatable bonds is 2. The number of benzene rings is 1. The Morgan fingerprint density at radius 2 is 1.89 bits per heavy atom. The van der Waals surface area contributed by atoms with E-state index in [0.29, 0.717) is 18.7 Å². The lowest BCUT2D eigenvalue weighted by atomic mass is 9.71. The molecule has 96 valence electrons. The summed E-state index contributed by atoms with van der Waals surface area (Å²) in [7, 11) is 0. The molecule has 18 heavy (non-hydrogen) atoms. The Morgan fingerprint density at radius 3 is 2.56 bits per heavy atom. The van der Waals surface area contributed by atoms with Crippen molar-refractivity contribution in [2.75, 3.05) is 0 Å². The summed E-state index contributed by atoms with van der Waals surface area (Å²) in [6.07, 6.45) is 1.62. The molecule has 1 atom stereocenters. The van der Waals surface area contributed by atoms with Crippen molar-refractivity contribution in [1.29, 1.82) is 0 Å². The van der Waals surface area contributed by atoms with Crippen LogP contribution in [0, 0.1) is 11.3 Å². The van der Waals surface area contributed by atoms with Gasteiger partial charge in [0.1, 0.15) is 5.78 Å². The Labute approximate surface area is 109 Å². The lowest BCUT2D eigenvalue weighted by molar-refractivity contribution is -0.123. The molecule has 0 radical (unpaired) electrons. The molecule has 2 nitrogen and oxygen atoms in total. The summed E-state index contributed by atoms with van der Waals surface area (Å²) in [4.78, 5) is 16.6. The Hall–Kier alpha value is -1.44. The van der Waals surface area contributed by atoms with Crippen LogP contribution in [0.4, 0.5) is 0 Å². The van der Waals surface area contributed by atoms with Gasteiger partial charge >= 0.3 is 0 Å². The van der Waals surface area contributed by atoms with Crippen LogP contribution in [0.3, 0.4) is 0 Å². The van der Waals surface area contributed by atoms with Crippen LogP contribution in [0.15, 0.2) is 35.3 Å². The van der Waals surface area contributed by atoms with Crippen molar-refractivity contribution >= 4 is 11.5 Å². The quantitative estimate of drug-likeness (QED) is 0.779. The van der Waals surface area contributed by atoms with Gasteiger partial charge in [0.05, 0.1) is 12.5 Å². The first-order valence-electron chi connectivity index (χ1n) is 6.58. The van der Waals surface area contributed by atoms with Gasteiger partial charge in [0.15, 0.2) is 0 Å². The molecule has 1 aromatic rings. The number of nitrogens with zero attached hydrogens (tertiary/aromatic N) is 1. The monoisotopic (exact) mass is 243 g/mol. The third-order valence-electron chi connectivity index (χ3n) is 3.60. The van der Waals surface area contributed by atoms with Crippen LogP contribution < -0.4 is 0 Å². The van der Waals surface area contributed by atoms with E-state index in [9.17, 15) is 4.79 Å². The third-order valence-corrected chi connectivity index (χ3v) is 3.60. The molecule has 1 aliphatic rings. The zero-order valence-corrected chi connectivity index (χ0v) is 11.4. The first-order chi connectivity index (χ1) is 8.48. The largest absolute Gasteiger partial charge is 0.299 e. The average molecular weight is 243 g/mol. The van der Waals surface area contributed by atoms with Gasteiger partial charge in [-0.25, -0.2) is 0 Å². The molecule has 0 saturated heterocycles. The summed E-state index contributed by atoms with van der Waals surface area (Å²) in [5.41, 5.74) is 2.34. The van der Waals surface area contributed by atoms with Gasteiger partial charge in [0.2, 0.25) is 0 Å². The molecule has 0 bridgehead atoms. The second kappa shape index (κ2) is 5.05. The van der Waals surface area contributed by atoms with Crippen LogP contribution in [0.5, 0.6) is 0 Å². The van der Waals surface area contributed by atoms with E-state index in [1.807, 2.05) is 25.1 Å². The molecule has 2 rings (SSSR count). The van der Waals surface area contributed by atoms with Gasteiger partial charge in [-0.15, -0.1) is 0 Å². The normalized spacial score (nSPS) is 25.4. The third kappa shape index (κ3) is 3.06. The standard InChI is InChI=1S/C16H21NO/c1-12-14(9-16(2,3)10-15(12)18)17-11-13-7-5-4-6-8-13/h4-8,12H,9-11H2,1-3H3. The van der Waals surface area contributed by atoms with E-state index in [4.69, 9.17) is 0 Å². The Kier molecular flexibility index (Phi) is 3.65. The number of carbonyl (C=O) groups excluding carboxylic acids is 1. The van der Waals surface area contributed by atoms with Crippen LogP contribution in [0.1, 0.15) is 39.2 Å². The number of hydrogen-bond acceptors (Lipinski definition) is 2. The summed E-state index contributed by atoms with van der Waals surface area (Å²) >= 11 is 0. The van der Waals surface area contributed by atoms with Crippen LogP contribution in [-0.4, -0.2) is 11.5 Å². The summed E-state index contributed by atoms with van der Waals surface area (Å²) in [5.74, 6) is 0.333. The molecule has 1 fully saturated rings. The average Bonchev–Trinajstić information content (AvgIpc) is 2.33. The minimum Gasteiger partial charge on any atom is -0.299 e. The fourth-order valence-electron chi connectivity index (χ4n) is 2.49. The van der Waals surface area contributed by atoms with Crippen molar-refractivity contribution in [3.8, 4) is 0 Å². The van der Waals surface area contributed by atoms with Gasteiger partial charge in [0.25, 0.3) is 0 Å². The predicted octanol–water partition coefficient (Wildman–Crippen LogP) is 3.65. The summed E-state index contributed by atoms with van der Waals surface area (Å²) in [6, 6.07) is 10.2. The van der Waals surface area contributed by atoms with E-state index >= 15 is 0 Å². The highest BCUT2D eigenvalue weighted by atomic mass is 16.1. The lowest BCUT2D eigenvalue weighted by Crippen LogP contribution is -2.36. The minimum atomic E-state index is 0.00161. The second-order valence-corrected chi connectivity index (χ2v) is 6.00. The van der Waals surface area contributed by atoms with E-state index < -0.39 is 0 Å². The van der Waals surface area contributed by atoms with Crippen molar-refractivity contribution < 1.29 is 4.79 Å². The molecular weight excluding hydrogens is 222 g/mol. The SMILES string of the molecule is CC1C(=O)CC(C)(C)CC1=NCc1ccccc1. The number of aliphatic imine (C=N–C) groups is 1. The second-order valence-electron chi connectivity index (χ2n) is 6.00. The molecule has 1 aliphatic carbocycles. The fraction of sp³-hybridized carbons (Fsp3) is 0.500. The van der Waals surface area contributed by atoms with E-state index in [1.165, 1.54) is 5.56 Å². The highest BCUT2D eigenvalue weighted by molar-refractivity contribution is 6.07. The molecule has 0 spiro atoms. The molecule has 0 heterocycles. The minimum absolute atomic E-state index is 0.00161. The summed E-state index contributed by atoms with van der Waals surface area (Å²) in [5, 5.41) is 0. The highest BCUT2D eigenvalue weighted by Crippen LogP contribution is 2.34. The van der Waals surface area contributed by atoms with E-state index in [2.05, 4.69) is 31.0 Å². The molecule has 0 N–H and O–H groups in total. The molecule has 0 amide bonds.